The largest absolute Gasteiger partial charge is 0.480 e. The van der Waals surface area contributed by atoms with Gasteiger partial charge in [0.05, 0.1) is 11.9 Å². The second kappa shape index (κ2) is 5.64. The standard InChI is InChI=1S/C18H23N3O2/c1-12-5-4-8-17-19-10-14(21(12)17)11-20-15-7-3-2-6-13(15)9-16(20)18(22)23/h4-5,8,10,13,15-16H,2-3,6-7,9,11H2,1H3,(H,22,23). The van der Waals surface area contributed by atoms with Crippen LogP contribution in [-0.2, 0) is 11.3 Å². The van der Waals surface area contributed by atoms with Crippen LogP contribution in [0.4, 0.5) is 0 Å². The minimum atomic E-state index is -0.676. The highest BCUT2D eigenvalue weighted by molar-refractivity contribution is 5.74. The number of aromatic nitrogens is 2. The Bertz CT molecular complexity index is 739. The van der Waals surface area contributed by atoms with Gasteiger partial charge < -0.3 is 9.51 Å². The van der Waals surface area contributed by atoms with Gasteiger partial charge in [0.2, 0.25) is 0 Å². The zero-order valence-corrected chi connectivity index (χ0v) is 13.5. The van der Waals surface area contributed by atoms with Crippen molar-refractivity contribution in [1.82, 2.24) is 14.3 Å². The van der Waals surface area contributed by atoms with Crippen molar-refractivity contribution in [3.8, 4) is 0 Å². The summed E-state index contributed by atoms with van der Waals surface area (Å²) in [4.78, 5) is 18.5. The van der Waals surface area contributed by atoms with E-state index in [2.05, 4.69) is 27.3 Å². The predicted molar refractivity (Wildman–Crippen MR) is 87.3 cm³/mol. The topological polar surface area (TPSA) is 57.8 Å². The summed E-state index contributed by atoms with van der Waals surface area (Å²) in [5, 5.41) is 9.66. The molecule has 1 aliphatic heterocycles. The van der Waals surface area contributed by atoms with Crippen LogP contribution in [0.15, 0.2) is 24.4 Å². The molecular formula is C18H23N3O2. The third-order valence-electron chi connectivity index (χ3n) is 5.65. The van der Waals surface area contributed by atoms with Gasteiger partial charge in [0.25, 0.3) is 0 Å². The average molecular weight is 313 g/mol. The molecule has 5 nitrogen and oxygen atoms in total. The fourth-order valence-corrected chi connectivity index (χ4v) is 4.60. The number of aryl methyl sites for hydroxylation is 1. The number of nitrogens with zero attached hydrogens (tertiary/aromatic N) is 3. The Morgan fingerprint density at radius 2 is 2.17 bits per heavy atom. The molecule has 3 unspecified atom stereocenters. The third-order valence-corrected chi connectivity index (χ3v) is 5.65. The Hall–Kier alpha value is -1.88. The Balaban J connectivity index is 1.68. The van der Waals surface area contributed by atoms with E-state index in [0.29, 0.717) is 18.5 Å². The number of imidazole rings is 1. The van der Waals surface area contributed by atoms with E-state index in [1.807, 2.05) is 18.3 Å². The van der Waals surface area contributed by atoms with E-state index in [-0.39, 0.29) is 6.04 Å². The molecule has 0 amide bonds. The average Bonchev–Trinajstić information content (AvgIpc) is 3.11. The molecule has 0 radical (unpaired) electrons. The van der Waals surface area contributed by atoms with Crippen molar-refractivity contribution in [1.29, 1.82) is 0 Å². The van der Waals surface area contributed by atoms with Crippen molar-refractivity contribution in [2.45, 2.75) is 57.7 Å². The number of hydrogen-bond acceptors (Lipinski definition) is 3. The van der Waals surface area contributed by atoms with Crippen molar-refractivity contribution in [3.63, 3.8) is 0 Å². The van der Waals surface area contributed by atoms with Gasteiger partial charge in [-0.2, -0.15) is 0 Å². The lowest BCUT2D eigenvalue weighted by molar-refractivity contribution is -0.142. The Morgan fingerprint density at radius 1 is 1.35 bits per heavy atom. The maximum absolute atomic E-state index is 11.8. The van der Waals surface area contributed by atoms with Crippen molar-refractivity contribution >= 4 is 11.6 Å². The van der Waals surface area contributed by atoms with Crippen LogP contribution in [0.2, 0.25) is 0 Å². The third kappa shape index (κ3) is 2.43. The molecule has 1 saturated carbocycles. The number of aliphatic carboxylic acids is 1. The lowest BCUT2D eigenvalue weighted by atomic mass is 9.85. The van der Waals surface area contributed by atoms with Crippen LogP contribution in [-0.4, -0.2) is 37.4 Å². The molecule has 2 fully saturated rings. The number of likely N-dealkylation sites (tertiary alicyclic amines) is 1. The number of carboxylic acid groups (broad SMARTS) is 1. The quantitative estimate of drug-likeness (QED) is 0.946. The van der Waals surface area contributed by atoms with E-state index in [9.17, 15) is 9.90 Å². The number of pyridine rings is 1. The Morgan fingerprint density at radius 3 is 3.00 bits per heavy atom. The molecule has 23 heavy (non-hydrogen) atoms. The van der Waals surface area contributed by atoms with E-state index in [1.165, 1.54) is 19.3 Å². The highest BCUT2D eigenvalue weighted by atomic mass is 16.4. The summed E-state index contributed by atoms with van der Waals surface area (Å²) >= 11 is 0. The van der Waals surface area contributed by atoms with Crippen LogP contribution in [0.5, 0.6) is 0 Å². The molecule has 3 atom stereocenters. The van der Waals surface area contributed by atoms with Gasteiger partial charge in [-0.15, -0.1) is 0 Å². The molecule has 1 N–H and O–H groups in total. The summed E-state index contributed by atoms with van der Waals surface area (Å²) in [6, 6.07) is 6.14. The highest BCUT2D eigenvalue weighted by Crippen LogP contribution is 2.40. The van der Waals surface area contributed by atoms with Crippen LogP contribution in [0, 0.1) is 12.8 Å². The molecule has 122 valence electrons. The number of rotatable bonds is 3. The number of carboxylic acids is 1. The van der Waals surface area contributed by atoms with E-state index >= 15 is 0 Å². The summed E-state index contributed by atoms with van der Waals surface area (Å²) in [7, 11) is 0. The van der Waals surface area contributed by atoms with Crippen LogP contribution in [0.3, 0.4) is 0 Å². The van der Waals surface area contributed by atoms with Crippen molar-refractivity contribution in [2.75, 3.05) is 0 Å². The van der Waals surface area contributed by atoms with E-state index in [4.69, 9.17) is 0 Å². The maximum Gasteiger partial charge on any atom is 0.320 e. The first-order chi connectivity index (χ1) is 11.1. The first-order valence-corrected chi connectivity index (χ1v) is 8.55. The van der Waals surface area contributed by atoms with Gasteiger partial charge in [-0.1, -0.05) is 18.9 Å². The van der Waals surface area contributed by atoms with Crippen molar-refractivity contribution in [3.05, 3.63) is 35.8 Å². The molecule has 3 heterocycles. The summed E-state index contributed by atoms with van der Waals surface area (Å²) in [5.41, 5.74) is 3.17. The highest BCUT2D eigenvalue weighted by Gasteiger charge is 2.45. The fraction of sp³-hybridized carbons (Fsp3) is 0.556. The molecule has 1 saturated heterocycles. The predicted octanol–water partition coefficient (Wildman–Crippen LogP) is 2.86. The molecule has 0 bridgehead atoms. The summed E-state index contributed by atoms with van der Waals surface area (Å²) in [6.07, 6.45) is 7.47. The molecular weight excluding hydrogens is 290 g/mol. The lowest BCUT2D eigenvalue weighted by Crippen LogP contribution is -2.41. The molecule has 2 aromatic heterocycles. The molecule has 2 aliphatic rings. The molecule has 0 spiro atoms. The van der Waals surface area contributed by atoms with Crippen LogP contribution in [0.1, 0.15) is 43.5 Å². The van der Waals surface area contributed by atoms with Gasteiger partial charge in [0.15, 0.2) is 0 Å². The van der Waals surface area contributed by atoms with E-state index in [0.717, 1.165) is 29.9 Å². The summed E-state index contributed by atoms with van der Waals surface area (Å²) in [6.45, 7) is 2.74. The van der Waals surface area contributed by atoms with Gasteiger partial charge in [0.1, 0.15) is 11.7 Å². The lowest BCUT2D eigenvalue weighted by Gasteiger charge is -2.32. The number of carbonyl (C=O) groups is 1. The summed E-state index contributed by atoms with van der Waals surface area (Å²) in [5.74, 6) is -0.130. The minimum Gasteiger partial charge on any atom is -0.480 e. The second-order valence-electron chi connectivity index (χ2n) is 6.98. The van der Waals surface area contributed by atoms with E-state index < -0.39 is 5.97 Å². The zero-order valence-electron chi connectivity index (χ0n) is 13.5. The van der Waals surface area contributed by atoms with Crippen molar-refractivity contribution in [2.24, 2.45) is 5.92 Å². The van der Waals surface area contributed by atoms with Gasteiger partial charge in [-0.05, 0) is 44.2 Å². The minimum absolute atomic E-state index is 0.349. The van der Waals surface area contributed by atoms with Crippen LogP contribution >= 0.6 is 0 Å². The number of fused-ring (bicyclic) bond motifs is 2. The molecule has 0 aromatic carbocycles. The van der Waals surface area contributed by atoms with Gasteiger partial charge in [-0.3, -0.25) is 9.69 Å². The first-order valence-electron chi connectivity index (χ1n) is 8.55. The Labute approximate surface area is 135 Å². The Kier molecular flexibility index (Phi) is 3.60. The number of hydrogen-bond donors (Lipinski definition) is 1. The van der Waals surface area contributed by atoms with Crippen LogP contribution < -0.4 is 0 Å². The fourth-order valence-electron chi connectivity index (χ4n) is 4.60. The second-order valence-corrected chi connectivity index (χ2v) is 6.98. The monoisotopic (exact) mass is 313 g/mol. The molecule has 2 aromatic rings. The zero-order chi connectivity index (χ0) is 16.0. The van der Waals surface area contributed by atoms with Gasteiger partial charge in [-0.25, -0.2) is 4.98 Å². The first kappa shape index (κ1) is 14.7. The van der Waals surface area contributed by atoms with E-state index in [1.54, 1.807) is 0 Å². The SMILES string of the molecule is Cc1cccc2ncc(CN3C(C(=O)O)CC4CCCCC43)n12. The summed E-state index contributed by atoms with van der Waals surface area (Å²) < 4.78 is 2.15. The molecule has 4 rings (SSSR count). The van der Waals surface area contributed by atoms with Gasteiger partial charge >= 0.3 is 5.97 Å². The maximum atomic E-state index is 11.8. The van der Waals surface area contributed by atoms with Gasteiger partial charge in [0, 0.05) is 18.3 Å². The van der Waals surface area contributed by atoms with Crippen LogP contribution in [0.25, 0.3) is 5.65 Å². The normalized spacial score (nSPS) is 28.1. The smallest absolute Gasteiger partial charge is 0.320 e. The van der Waals surface area contributed by atoms with Crippen molar-refractivity contribution < 1.29 is 9.90 Å². The molecule has 1 aliphatic carbocycles. The molecule has 5 heteroatoms.